The fourth-order valence-electron chi connectivity index (χ4n) is 3.78. The second-order valence-electron chi connectivity index (χ2n) is 7.27. The molecule has 29 heavy (non-hydrogen) atoms. The summed E-state index contributed by atoms with van der Waals surface area (Å²) in [5.41, 5.74) is 3.33. The van der Waals surface area contributed by atoms with Crippen LogP contribution in [0.15, 0.2) is 48.8 Å². The number of benzene rings is 1. The minimum absolute atomic E-state index is 0.0932. The summed E-state index contributed by atoms with van der Waals surface area (Å²) in [6.07, 6.45) is 5.00. The van der Waals surface area contributed by atoms with Crippen LogP contribution < -0.4 is 4.90 Å². The fraction of sp³-hybridized carbons (Fsp3) is 0.333. The van der Waals surface area contributed by atoms with Crippen LogP contribution >= 0.6 is 0 Å². The molecule has 1 fully saturated rings. The van der Waals surface area contributed by atoms with Crippen LogP contribution in [0.1, 0.15) is 24.1 Å². The quantitative estimate of drug-likeness (QED) is 0.374. The number of anilines is 1. The highest BCUT2D eigenvalue weighted by molar-refractivity contribution is 5.73. The Morgan fingerprint density at radius 2 is 2.00 bits per heavy atom. The topological polar surface area (TPSA) is 90.0 Å². The Kier molecular flexibility index (Phi) is 5.16. The standard InChI is InChI=1S/C21H22N4O4/c1-15-5-4-10-24-13-17(22-20(15)24)14-29-21(26)16-8-11-23(12-9-16)18-6-2-3-7-19(18)25(27)28/h2-7,10,13,16H,8-9,11-12,14H2,1H3. The van der Waals surface area contributed by atoms with E-state index in [4.69, 9.17) is 4.74 Å². The molecule has 1 aliphatic rings. The van der Waals surface area contributed by atoms with Crippen molar-refractivity contribution in [3.05, 3.63) is 70.2 Å². The normalized spacial score (nSPS) is 14.9. The molecular formula is C21H22N4O4. The van der Waals surface area contributed by atoms with E-state index in [-0.39, 0.29) is 29.1 Å². The van der Waals surface area contributed by atoms with Gasteiger partial charge in [0.1, 0.15) is 17.9 Å². The first-order valence-corrected chi connectivity index (χ1v) is 9.61. The zero-order valence-electron chi connectivity index (χ0n) is 16.2. The van der Waals surface area contributed by atoms with Crippen LogP contribution in [-0.2, 0) is 16.1 Å². The SMILES string of the molecule is Cc1cccn2cc(COC(=O)C3CCN(c4ccccc4[N+](=O)[O-])CC3)nc12. The van der Waals surface area contributed by atoms with Gasteiger partial charge in [0.2, 0.25) is 0 Å². The number of piperidine rings is 1. The van der Waals surface area contributed by atoms with Gasteiger partial charge in [-0.2, -0.15) is 0 Å². The van der Waals surface area contributed by atoms with Crippen molar-refractivity contribution in [3.8, 4) is 0 Å². The van der Waals surface area contributed by atoms with Gasteiger partial charge in [0.25, 0.3) is 5.69 Å². The van der Waals surface area contributed by atoms with E-state index in [1.165, 1.54) is 6.07 Å². The van der Waals surface area contributed by atoms with Gasteiger partial charge in [-0.15, -0.1) is 0 Å². The maximum Gasteiger partial charge on any atom is 0.309 e. The number of fused-ring (bicyclic) bond motifs is 1. The van der Waals surface area contributed by atoms with Crippen molar-refractivity contribution in [2.24, 2.45) is 5.92 Å². The van der Waals surface area contributed by atoms with Crippen molar-refractivity contribution in [2.45, 2.75) is 26.4 Å². The lowest BCUT2D eigenvalue weighted by Crippen LogP contribution is -2.37. The van der Waals surface area contributed by atoms with E-state index in [0.29, 0.717) is 37.3 Å². The van der Waals surface area contributed by atoms with E-state index in [9.17, 15) is 14.9 Å². The number of carbonyl (C=O) groups excluding carboxylic acids is 1. The van der Waals surface area contributed by atoms with Crippen LogP contribution in [-0.4, -0.2) is 33.4 Å². The summed E-state index contributed by atoms with van der Waals surface area (Å²) in [7, 11) is 0. The third-order valence-electron chi connectivity index (χ3n) is 5.34. The number of hydrogen-bond donors (Lipinski definition) is 0. The minimum Gasteiger partial charge on any atom is -0.459 e. The molecule has 0 N–H and O–H groups in total. The van der Waals surface area contributed by atoms with E-state index in [1.54, 1.807) is 18.2 Å². The molecule has 0 aliphatic carbocycles. The summed E-state index contributed by atoms with van der Waals surface area (Å²) < 4.78 is 7.42. The molecule has 0 atom stereocenters. The maximum atomic E-state index is 12.5. The lowest BCUT2D eigenvalue weighted by Gasteiger charge is -2.32. The zero-order chi connectivity index (χ0) is 20.4. The number of carbonyl (C=O) groups is 1. The molecule has 0 radical (unpaired) electrons. The molecule has 150 valence electrons. The van der Waals surface area contributed by atoms with Gasteiger partial charge in [-0.3, -0.25) is 14.9 Å². The van der Waals surface area contributed by atoms with Gasteiger partial charge in [-0.25, -0.2) is 4.98 Å². The largest absolute Gasteiger partial charge is 0.459 e. The number of para-hydroxylation sites is 2. The zero-order valence-corrected chi connectivity index (χ0v) is 16.2. The van der Waals surface area contributed by atoms with E-state index in [1.807, 2.05) is 40.8 Å². The highest BCUT2D eigenvalue weighted by Gasteiger charge is 2.29. The van der Waals surface area contributed by atoms with Gasteiger partial charge in [-0.1, -0.05) is 18.2 Å². The Labute approximate surface area is 167 Å². The van der Waals surface area contributed by atoms with Gasteiger partial charge in [0.05, 0.1) is 16.5 Å². The van der Waals surface area contributed by atoms with E-state index in [2.05, 4.69) is 4.98 Å². The molecule has 0 amide bonds. The van der Waals surface area contributed by atoms with Crippen molar-refractivity contribution in [1.29, 1.82) is 0 Å². The van der Waals surface area contributed by atoms with E-state index < -0.39 is 0 Å². The number of ether oxygens (including phenoxy) is 1. The molecular weight excluding hydrogens is 372 g/mol. The summed E-state index contributed by atoms with van der Waals surface area (Å²) >= 11 is 0. The Morgan fingerprint density at radius 1 is 1.24 bits per heavy atom. The molecule has 4 rings (SSSR count). The lowest BCUT2D eigenvalue weighted by atomic mass is 9.96. The summed E-state index contributed by atoms with van der Waals surface area (Å²) in [5.74, 6) is -0.436. The van der Waals surface area contributed by atoms with Crippen molar-refractivity contribution in [3.63, 3.8) is 0 Å². The average Bonchev–Trinajstić information content (AvgIpc) is 3.17. The third kappa shape index (κ3) is 3.91. The summed E-state index contributed by atoms with van der Waals surface area (Å²) in [4.78, 5) is 29.8. The molecule has 3 aromatic rings. The van der Waals surface area contributed by atoms with Crippen LogP contribution in [0.4, 0.5) is 11.4 Å². The molecule has 0 saturated carbocycles. The Bertz CT molecular complexity index is 1050. The number of nitro groups is 1. The van der Waals surface area contributed by atoms with Crippen LogP contribution in [0, 0.1) is 23.0 Å². The Hall–Kier alpha value is -3.42. The molecule has 1 saturated heterocycles. The maximum absolute atomic E-state index is 12.5. The molecule has 8 heteroatoms. The van der Waals surface area contributed by atoms with E-state index in [0.717, 1.165) is 11.2 Å². The molecule has 0 bridgehead atoms. The number of nitro benzene ring substituents is 1. The number of aromatic nitrogens is 2. The Morgan fingerprint density at radius 3 is 2.72 bits per heavy atom. The van der Waals surface area contributed by atoms with Gasteiger partial charge in [0, 0.05) is 31.5 Å². The van der Waals surface area contributed by atoms with Gasteiger partial charge < -0.3 is 14.0 Å². The molecule has 2 aromatic heterocycles. The highest BCUT2D eigenvalue weighted by atomic mass is 16.6. The van der Waals surface area contributed by atoms with Crippen LogP contribution in [0.2, 0.25) is 0 Å². The summed E-state index contributed by atoms with van der Waals surface area (Å²) in [6, 6.07) is 10.6. The number of aryl methyl sites for hydroxylation is 1. The predicted octanol–water partition coefficient (Wildman–Crippen LogP) is 3.51. The number of esters is 1. The van der Waals surface area contributed by atoms with Crippen molar-refractivity contribution in [1.82, 2.24) is 9.38 Å². The fourth-order valence-corrected chi connectivity index (χ4v) is 3.78. The molecule has 3 heterocycles. The number of hydrogen-bond acceptors (Lipinski definition) is 6. The lowest BCUT2D eigenvalue weighted by molar-refractivity contribution is -0.384. The highest BCUT2D eigenvalue weighted by Crippen LogP contribution is 2.31. The van der Waals surface area contributed by atoms with Crippen molar-refractivity contribution < 1.29 is 14.5 Å². The van der Waals surface area contributed by atoms with Crippen molar-refractivity contribution in [2.75, 3.05) is 18.0 Å². The molecule has 0 spiro atoms. The first kappa shape index (κ1) is 18.9. The third-order valence-corrected chi connectivity index (χ3v) is 5.34. The second-order valence-corrected chi connectivity index (χ2v) is 7.27. The van der Waals surface area contributed by atoms with E-state index >= 15 is 0 Å². The van der Waals surface area contributed by atoms with Crippen molar-refractivity contribution >= 4 is 23.0 Å². The van der Waals surface area contributed by atoms with Gasteiger partial charge >= 0.3 is 5.97 Å². The second kappa shape index (κ2) is 7.90. The average molecular weight is 394 g/mol. The monoisotopic (exact) mass is 394 g/mol. The first-order valence-electron chi connectivity index (χ1n) is 9.61. The summed E-state index contributed by atoms with van der Waals surface area (Å²) in [6.45, 7) is 3.30. The summed E-state index contributed by atoms with van der Waals surface area (Å²) in [5, 5.41) is 11.2. The number of imidazole rings is 1. The number of pyridine rings is 1. The van der Waals surface area contributed by atoms with Crippen LogP contribution in [0.5, 0.6) is 0 Å². The molecule has 8 nitrogen and oxygen atoms in total. The molecule has 0 unspecified atom stereocenters. The smallest absolute Gasteiger partial charge is 0.309 e. The van der Waals surface area contributed by atoms with Gasteiger partial charge in [-0.05, 0) is 37.5 Å². The predicted molar refractivity (Wildman–Crippen MR) is 108 cm³/mol. The molecule has 1 aliphatic heterocycles. The van der Waals surface area contributed by atoms with Crippen LogP contribution in [0.25, 0.3) is 5.65 Å². The Balaban J connectivity index is 1.34. The van der Waals surface area contributed by atoms with Gasteiger partial charge in [0.15, 0.2) is 0 Å². The number of nitrogens with zero attached hydrogens (tertiary/aromatic N) is 4. The first-order chi connectivity index (χ1) is 14.0. The minimum atomic E-state index is -0.369. The molecule has 1 aromatic carbocycles. The van der Waals surface area contributed by atoms with Crippen LogP contribution in [0.3, 0.4) is 0 Å². The number of rotatable bonds is 5.